The van der Waals surface area contributed by atoms with E-state index in [1.165, 1.54) is 0 Å². The third-order valence-corrected chi connectivity index (χ3v) is 4.99. The van der Waals surface area contributed by atoms with Crippen molar-refractivity contribution in [2.75, 3.05) is 10.6 Å². The van der Waals surface area contributed by atoms with Gasteiger partial charge in [-0.3, -0.25) is 9.78 Å². The van der Waals surface area contributed by atoms with E-state index in [0.717, 1.165) is 33.5 Å². The van der Waals surface area contributed by atoms with Crippen LogP contribution in [0.3, 0.4) is 0 Å². The number of unbranched alkanes of at least 4 members (excludes halogenated alkanes) is 1. The first-order chi connectivity index (χ1) is 15.4. The summed E-state index contributed by atoms with van der Waals surface area (Å²) in [5, 5.41) is 14.7. The van der Waals surface area contributed by atoms with E-state index in [9.17, 15) is 9.59 Å². The van der Waals surface area contributed by atoms with Crippen LogP contribution in [-0.2, 0) is 4.79 Å². The predicted octanol–water partition coefficient (Wildman–Crippen LogP) is 6.03. The number of rotatable bonds is 8. The maximum atomic E-state index is 12.6. The van der Waals surface area contributed by atoms with Crippen LogP contribution >= 0.6 is 0 Å². The molecule has 0 unspecified atom stereocenters. The number of carboxylic acids is 1. The minimum Gasteiger partial charge on any atom is -0.481 e. The Bertz CT molecular complexity index is 1120. The number of amides is 2. The van der Waals surface area contributed by atoms with Crippen LogP contribution in [0.15, 0.2) is 73.1 Å². The monoisotopic (exact) mass is 429 g/mol. The van der Waals surface area contributed by atoms with Crippen LogP contribution in [0.1, 0.15) is 41.5 Å². The van der Waals surface area contributed by atoms with E-state index in [1.54, 1.807) is 12.4 Å². The van der Waals surface area contributed by atoms with Crippen molar-refractivity contribution < 1.29 is 14.7 Å². The van der Waals surface area contributed by atoms with Gasteiger partial charge >= 0.3 is 12.0 Å². The fourth-order valence-electron chi connectivity index (χ4n) is 3.34. The summed E-state index contributed by atoms with van der Waals surface area (Å²) in [6, 6.07) is 17.0. The van der Waals surface area contributed by atoms with E-state index in [0.29, 0.717) is 18.5 Å². The molecule has 2 aromatic carbocycles. The Morgan fingerprint density at radius 2 is 1.81 bits per heavy atom. The summed E-state index contributed by atoms with van der Waals surface area (Å²) in [4.78, 5) is 27.6. The summed E-state index contributed by atoms with van der Waals surface area (Å²) in [7, 11) is 0. The lowest BCUT2D eigenvalue weighted by atomic mass is 9.97. The number of carbonyl (C=O) groups is 2. The van der Waals surface area contributed by atoms with Gasteiger partial charge in [0.1, 0.15) is 0 Å². The molecule has 3 rings (SSSR count). The van der Waals surface area contributed by atoms with Gasteiger partial charge in [0.2, 0.25) is 0 Å². The zero-order valence-electron chi connectivity index (χ0n) is 18.3. The summed E-state index contributed by atoms with van der Waals surface area (Å²) in [6.07, 6.45) is 6.81. The Hall–Kier alpha value is -3.93. The second-order valence-corrected chi connectivity index (χ2v) is 7.62. The molecule has 0 aliphatic rings. The molecule has 0 fully saturated rings. The highest BCUT2D eigenvalue weighted by Crippen LogP contribution is 2.26. The zero-order chi connectivity index (χ0) is 22.9. The molecule has 0 radical (unpaired) electrons. The molecule has 0 spiro atoms. The second-order valence-electron chi connectivity index (χ2n) is 7.62. The van der Waals surface area contributed by atoms with E-state index in [1.807, 2.05) is 74.5 Å². The molecule has 3 N–H and O–H groups in total. The number of aliphatic carboxylic acids is 1. The van der Waals surface area contributed by atoms with Crippen LogP contribution in [0.4, 0.5) is 16.2 Å². The van der Waals surface area contributed by atoms with E-state index in [-0.39, 0.29) is 12.5 Å². The number of nitrogens with zero attached hydrogens (tertiary/aromatic N) is 1. The Morgan fingerprint density at radius 3 is 2.56 bits per heavy atom. The first kappa shape index (κ1) is 22.7. The van der Waals surface area contributed by atoms with Crippen molar-refractivity contribution in [2.45, 2.75) is 33.1 Å². The number of hydrogen-bond donors (Lipinski definition) is 3. The van der Waals surface area contributed by atoms with Crippen molar-refractivity contribution in [1.29, 1.82) is 0 Å². The molecule has 0 aliphatic carbocycles. The highest BCUT2D eigenvalue weighted by Gasteiger charge is 2.09. The fourth-order valence-corrected chi connectivity index (χ4v) is 3.34. The van der Waals surface area contributed by atoms with Crippen LogP contribution in [0.25, 0.3) is 5.57 Å². The number of benzene rings is 2. The van der Waals surface area contributed by atoms with Crippen molar-refractivity contribution >= 4 is 28.9 Å². The standard InChI is InChI=1S/C26H27N3O3/c1-18-12-13-19(2)24(15-18)29-26(32)28-22-9-5-7-20(16-22)23(10-3-4-11-25(30)31)21-8-6-14-27-17-21/h5-10,12-17H,3-4,11H2,1-2H3,(H,30,31)(H2,28,29,32)/b23-10-. The van der Waals surface area contributed by atoms with E-state index in [2.05, 4.69) is 15.6 Å². The van der Waals surface area contributed by atoms with Crippen molar-refractivity contribution in [3.05, 3.63) is 95.3 Å². The van der Waals surface area contributed by atoms with Gasteiger partial charge in [-0.1, -0.05) is 36.4 Å². The Kier molecular flexibility index (Phi) is 7.75. The SMILES string of the molecule is Cc1ccc(C)c(NC(=O)Nc2cccc(/C(=C/CCCC(=O)O)c3cccnc3)c2)c1. The van der Waals surface area contributed by atoms with Crippen LogP contribution in [0.2, 0.25) is 0 Å². The molecule has 0 aliphatic heterocycles. The topological polar surface area (TPSA) is 91.3 Å². The maximum Gasteiger partial charge on any atom is 0.323 e. The molecule has 0 saturated heterocycles. The number of urea groups is 1. The normalized spacial score (nSPS) is 11.1. The molecule has 2 amide bonds. The summed E-state index contributed by atoms with van der Waals surface area (Å²) >= 11 is 0. The van der Waals surface area contributed by atoms with Gasteiger partial charge in [-0.15, -0.1) is 0 Å². The summed E-state index contributed by atoms with van der Waals surface area (Å²) in [6.45, 7) is 3.93. The molecule has 3 aromatic rings. The van der Waals surface area contributed by atoms with Crippen molar-refractivity contribution in [1.82, 2.24) is 4.98 Å². The number of anilines is 2. The number of carboxylic acid groups (broad SMARTS) is 1. The number of allylic oxidation sites excluding steroid dienone is 1. The van der Waals surface area contributed by atoms with Gasteiger partial charge in [-0.2, -0.15) is 0 Å². The number of pyridine rings is 1. The third-order valence-electron chi connectivity index (χ3n) is 4.99. The lowest BCUT2D eigenvalue weighted by Crippen LogP contribution is -2.20. The van der Waals surface area contributed by atoms with Gasteiger partial charge in [0.15, 0.2) is 0 Å². The molecule has 1 heterocycles. The molecule has 0 saturated carbocycles. The Morgan fingerprint density at radius 1 is 1.00 bits per heavy atom. The van der Waals surface area contributed by atoms with Gasteiger partial charge in [0, 0.05) is 35.8 Å². The highest BCUT2D eigenvalue weighted by molar-refractivity contribution is 6.00. The Balaban J connectivity index is 1.79. The van der Waals surface area contributed by atoms with Gasteiger partial charge in [-0.25, -0.2) is 4.79 Å². The van der Waals surface area contributed by atoms with Crippen molar-refractivity contribution in [3.63, 3.8) is 0 Å². The van der Waals surface area contributed by atoms with Gasteiger partial charge < -0.3 is 15.7 Å². The summed E-state index contributed by atoms with van der Waals surface area (Å²) in [5.74, 6) is -0.803. The van der Waals surface area contributed by atoms with Crippen molar-refractivity contribution in [2.24, 2.45) is 0 Å². The van der Waals surface area contributed by atoms with Crippen LogP contribution in [0, 0.1) is 13.8 Å². The second kappa shape index (κ2) is 10.9. The molecule has 32 heavy (non-hydrogen) atoms. The number of hydrogen-bond acceptors (Lipinski definition) is 3. The molecule has 0 atom stereocenters. The average molecular weight is 430 g/mol. The number of nitrogens with one attached hydrogen (secondary N) is 2. The number of aromatic nitrogens is 1. The minimum absolute atomic E-state index is 0.122. The summed E-state index contributed by atoms with van der Waals surface area (Å²) < 4.78 is 0. The molecule has 6 nitrogen and oxygen atoms in total. The molecule has 164 valence electrons. The van der Waals surface area contributed by atoms with Crippen LogP contribution < -0.4 is 10.6 Å². The summed E-state index contributed by atoms with van der Waals surface area (Å²) in [5.41, 5.74) is 6.28. The van der Waals surface area contributed by atoms with E-state index < -0.39 is 5.97 Å². The van der Waals surface area contributed by atoms with Gasteiger partial charge in [0.25, 0.3) is 0 Å². The molecular formula is C26H27N3O3. The minimum atomic E-state index is -0.803. The molecule has 6 heteroatoms. The smallest absolute Gasteiger partial charge is 0.323 e. The molecule has 1 aromatic heterocycles. The average Bonchev–Trinajstić information content (AvgIpc) is 2.77. The van der Waals surface area contributed by atoms with Crippen molar-refractivity contribution in [3.8, 4) is 0 Å². The Labute approximate surface area is 188 Å². The third kappa shape index (κ3) is 6.54. The van der Waals surface area contributed by atoms with Crippen LogP contribution in [-0.4, -0.2) is 22.1 Å². The number of carbonyl (C=O) groups excluding carboxylic acids is 1. The van der Waals surface area contributed by atoms with E-state index >= 15 is 0 Å². The van der Waals surface area contributed by atoms with Crippen LogP contribution in [0.5, 0.6) is 0 Å². The van der Waals surface area contributed by atoms with E-state index in [4.69, 9.17) is 5.11 Å². The zero-order valence-corrected chi connectivity index (χ0v) is 18.3. The largest absolute Gasteiger partial charge is 0.481 e. The molecular weight excluding hydrogens is 402 g/mol. The molecule has 0 bridgehead atoms. The maximum absolute atomic E-state index is 12.6. The van der Waals surface area contributed by atoms with Gasteiger partial charge in [0.05, 0.1) is 0 Å². The highest BCUT2D eigenvalue weighted by atomic mass is 16.4. The first-order valence-electron chi connectivity index (χ1n) is 10.5. The predicted molar refractivity (Wildman–Crippen MR) is 128 cm³/mol. The first-order valence-corrected chi connectivity index (χ1v) is 10.5. The lowest BCUT2D eigenvalue weighted by molar-refractivity contribution is -0.137. The quantitative estimate of drug-likeness (QED) is 0.381. The van der Waals surface area contributed by atoms with Gasteiger partial charge in [-0.05, 0) is 73.2 Å². The fraction of sp³-hybridized carbons (Fsp3) is 0.192. The lowest BCUT2D eigenvalue weighted by Gasteiger charge is -2.13. The number of aryl methyl sites for hydroxylation is 2.